The van der Waals surface area contributed by atoms with Crippen LogP contribution in [0.4, 0.5) is 0 Å². The molecule has 0 amide bonds. The Hall–Kier alpha value is -2.60. The highest BCUT2D eigenvalue weighted by molar-refractivity contribution is 6.03. The SMILES string of the molecule is N#CC(C(=O)c1ccc2c(c1)CCO2)c1ccccc1. The Morgan fingerprint density at radius 3 is 2.75 bits per heavy atom. The summed E-state index contributed by atoms with van der Waals surface area (Å²) in [6.45, 7) is 0.660. The van der Waals surface area contributed by atoms with Crippen molar-refractivity contribution >= 4 is 5.78 Å². The van der Waals surface area contributed by atoms with Crippen molar-refractivity contribution < 1.29 is 9.53 Å². The molecule has 0 bridgehead atoms. The molecular formula is C17H13NO2. The summed E-state index contributed by atoms with van der Waals surface area (Å²) in [6.07, 6.45) is 0.818. The van der Waals surface area contributed by atoms with Crippen molar-refractivity contribution in [2.45, 2.75) is 12.3 Å². The van der Waals surface area contributed by atoms with Gasteiger partial charge in [-0.1, -0.05) is 30.3 Å². The van der Waals surface area contributed by atoms with Crippen LogP contribution in [0.25, 0.3) is 0 Å². The summed E-state index contributed by atoms with van der Waals surface area (Å²) in [5.41, 5.74) is 2.35. The van der Waals surface area contributed by atoms with E-state index in [1.54, 1.807) is 6.07 Å². The highest BCUT2D eigenvalue weighted by atomic mass is 16.5. The maximum absolute atomic E-state index is 12.5. The van der Waals surface area contributed by atoms with Gasteiger partial charge in [-0.15, -0.1) is 0 Å². The lowest BCUT2D eigenvalue weighted by Gasteiger charge is -2.09. The molecule has 1 heterocycles. The summed E-state index contributed by atoms with van der Waals surface area (Å²) in [5, 5.41) is 9.31. The molecule has 3 heteroatoms. The Bertz CT molecular complexity index is 686. The van der Waals surface area contributed by atoms with Gasteiger partial charge in [-0.25, -0.2) is 0 Å². The van der Waals surface area contributed by atoms with Gasteiger partial charge < -0.3 is 4.74 Å². The molecule has 0 spiro atoms. The van der Waals surface area contributed by atoms with Crippen molar-refractivity contribution in [1.29, 1.82) is 5.26 Å². The van der Waals surface area contributed by atoms with Gasteiger partial charge in [-0.05, 0) is 29.3 Å². The number of carbonyl (C=O) groups is 1. The molecular weight excluding hydrogens is 250 g/mol. The molecule has 0 saturated heterocycles. The number of ether oxygens (including phenoxy) is 1. The molecule has 1 aliphatic heterocycles. The number of nitriles is 1. The molecule has 0 aromatic heterocycles. The van der Waals surface area contributed by atoms with E-state index >= 15 is 0 Å². The third-order valence-corrected chi connectivity index (χ3v) is 3.50. The van der Waals surface area contributed by atoms with Crippen LogP contribution in [0, 0.1) is 11.3 Å². The van der Waals surface area contributed by atoms with Crippen LogP contribution in [-0.4, -0.2) is 12.4 Å². The summed E-state index contributed by atoms with van der Waals surface area (Å²) in [5.74, 6) is -0.0697. The van der Waals surface area contributed by atoms with Crippen LogP contribution in [0.1, 0.15) is 27.4 Å². The molecule has 0 radical (unpaired) electrons. The van der Waals surface area contributed by atoms with E-state index in [9.17, 15) is 10.1 Å². The number of rotatable bonds is 3. The number of Topliss-reactive ketones (excluding diaryl/α,β-unsaturated/α-hetero) is 1. The lowest BCUT2D eigenvalue weighted by atomic mass is 9.91. The molecule has 2 aromatic rings. The monoisotopic (exact) mass is 263 g/mol. The summed E-state index contributed by atoms with van der Waals surface area (Å²) < 4.78 is 5.43. The first-order valence-electron chi connectivity index (χ1n) is 6.54. The Morgan fingerprint density at radius 2 is 2.00 bits per heavy atom. The normalized spacial score (nSPS) is 13.9. The van der Waals surface area contributed by atoms with Crippen molar-refractivity contribution in [3.8, 4) is 11.8 Å². The van der Waals surface area contributed by atoms with Gasteiger partial charge in [-0.3, -0.25) is 4.79 Å². The zero-order chi connectivity index (χ0) is 13.9. The first-order valence-corrected chi connectivity index (χ1v) is 6.54. The summed E-state index contributed by atoms with van der Waals surface area (Å²) in [6, 6.07) is 16.7. The second kappa shape index (κ2) is 5.18. The molecule has 3 rings (SSSR count). The number of fused-ring (bicyclic) bond motifs is 1. The van der Waals surface area contributed by atoms with Crippen LogP contribution >= 0.6 is 0 Å². The van der Waals surface area contributed by atoms with E-state index in [-0.39, 0.29) is 5.78 Å². The lowest BCUT2D eigenvalue weighted by molar-refractivity contribution is 0.0979. The third-order valence-electron chi connectivity index (χ3n) is 3.50. The Labute approximate surface area is 117 Å². The van der Waals surface area contributed by atoms with Crippen LogP contribution in [0.2, 0.25) is 0 Å². The lowest BCUT2D eigenvalue weighted by Crippen LogP contribution is -2.11. The van der Waals surface area contributed by atoms with Crippen LogP contribution in [0.15, 0.2) is 48.5 Å². The van der Waals surface area contributed by atoms with Crippen LogP contribution in [0.5, 0.6) is 5.75 Å². The molecule has 0 saturated carbocycles. The average Bonchev–Trinajstić information content (AvgIpc) is 2.96. The van der Waals surface area contributed by atoms with E-state index < -0.39 is 5.92 Å². The number of nitrogens with zero attached hydrogens (tertiary/aromatic N) is 1. The summed E-state index contributed by atoms with van der Waals surface area (Å²) in [4.78, 5) is 12.5. The highest BCUT2D eigenvalue weighted by Crippen LogP contribution is 2.28. The minimum atomic E-state index is -0.753. The molecule has 1 unspecified atom stereocenters. The predicted molar refractivity (Wildman–Crippen MR) is 74.8 cm³/mol. The van der Waals surface area contributed by atoms with Gasteiger partial charge in [-0.2, -0.15) is 5.26 Å². The molecule has 0 fully saturated rings. The van der Waals surface area contributed by atoms with E-state index in [0.29, 0.717) is 12.2 Å². The second-order valence-corrected chi connectivity index (χ2v) is 4.76. The smallest absolute Gasteiger partial charge is 0.184 e. The molecule has 3 nitrogen and oxygen atoms in total. The maximum atomic E-state index is 12.5. The Morgan fingerprint density at radius 1 is 1.20 bits per heavy atom. The van der Waals surface area contributed by atoms with Gasteiger partial charge in [0, 0.05) is 12.0 Å². The molecule has 2 aromatic carbocycles. The van der Waals surface area contributed by atoms with Crippen LogP contribution in [-0.2, 0) is 6.42 Å². The van der Waals surface area contributed by atoms with Crippen molar-refractivity contribution in [3.05, 3.63) is 65.2 Å². The zero-order valence-corrected chi connectivity index (χ0v) is 10.9. The van der Waals surface area contributed by atoms with Gasteiger partial charge in [0.15, 0.2) is 5.78 Å². The molecule has 20 heavy (non-hydrogen) atoms. The summed E-state index contributed by atoms with van der Waals surface area (Å²) >= 11 is 0. The van der Waals surface area contributed by atoms with E-state index in [4.69, 9.17) is 4.74 Å². The van der Waals surface area contributed by atoms with E-state index in [2.05, 4.69) is 6.07 Å². The first-order chi connectivity index (χ1) is 9.79. The average molecular weight is 263 g/mol. The van der Waals surface area contributed by atoms with Crippen molar-refractivity contribution in [1.82, 2.24) is 0 Å². The minimum absolute atomic E-state index is 0.159. The maximum Gasteiger partial charge on any atom is 0.184 e. The highest BCUT2D eigenvalue weighted by Gasteiger charge is 2.23. The molecule has 1 atom stereocenters. The Kier molecular flexibility index (Phi) is 3.22. The quantitative estimate of drug-likeness (QED) is 0.799. The van der Waals surface area contributed by atoms with Gasteiger partial charge in [0.25, 0.3) is 0 Å². The predicted octanol–water partition coefficient (Wildman–Crippen LogP) is 3.11. The van der Waals surface area contributed by atoms with Gasteiger partial charge in [0.1, 0.15) is 11.7 Å². The fourth-order valence-corrected chi connectivity index (χ4v) is 2.44. The standard InChI is InChI=1S/C17H13NO2/c18-11-15(12-4-2-1-3-5-12)17(19)14-6-7-16-13(10-14)8-9-20-16/h1-7,10,15H,8-9H2. The zero-order valence-electron chi connectivity index (χ0n) is 10.9. The number of hydrogen-bond acceptors (Lipinski definition) is 3. The fourth-order valence-electron chi connectivity index (χ4n) is 2.44. The largest absolute Gasteiger partial charge is 0.493 e. The van der Waals surface area contributed by atoms with Crippen molar-refractivity contribution in [2.24, 2.45) is 0 Å². The van der Waals surface area contributed by atoms with Gasteiger partial charge >= 0.3 is 0 Å². The molecule has 1 aliphatic rings. The number of ketones is 1. The number of hydrogen-bond donors (Lipinski definition) is 0. The summed E-state index contributed by atoms with van der Waals surface area (Å²) in [7, 11) is 0. The number of carbonyl (C=O) groups excluding carboxylic acids is 1. The third kappa shape index (κ3) is 2.17. The topological polar surface area (TPSA) is 50.1 Å². The molecule has 98 valence electrons. The second-order valence-electron chi connectivity index (χ2n) is 4.76. The van der Waals surface area contributed by atoms with E-state index in [1.165, 1.54) is 0 Å². The number of benzene rings is 2. The van der Waals surface area contributed by atoms with Crippen LogP contribution < -0.4 is 4.74 Å². The van der Waals surface area contributed by atoms with E-state index in [1.807, 2.05) is 42.5 Å². The van der Waals surface area contributed by atoms with Gasteiger partial charge in [0.05, 0.1) is 12.7 Å². The van der Waals surface area contributed by atoms with Crippen LogP contribution in [0.3, 0.4) is 0 Å². The Balaban J connectivity index is 1.94. The minimum Gasteiger partial charge on any atom is -0.493 e. The molecule has 0 aliphatic carbocycles. The molecule has 0 N–H and O–H groups in total. The van der Waals surface area contributed by atoms with Gasteiger partial charge in [0.2, 0.25) is 0 Å². The first kappa shape index (κ1) is 12.4. The van der Waals surface area contributed by atoms with E-state index in [0.717, 1.165) is 23.3 Å². The fraction of sp³-hybridized carbons (Fsp3) is 0.176. The van der Waals surface area contributed by atoms with Crippen molar-refractivity contribution in [2.75, 3.05) is 6.61 Å². The van der Waals surface area contributed by atoms with Crippen molar-refractivity contribution in [3.63, 3.8) is 0 Å².